The molecule has 0 spiro atoms. The Hall–Kier alpha value is -0.940. The smallest absolute Gasteiger partial charge is 0.263 e. The van der Waals surface area contributed by atoms with Crippen LogP contribution in [0, 0.1) is 16.6 Å². The molecule has 2 aromatic rings. The van der Waals surface area contributed by atoms with Crippen LogP contribution in [0.1, 0.15) is 43.0 Å². The third-order valence-electron chi connectivity index (χ3n) is 5.30. The Morgan fingerprint density at radius 2 is 2.19 bits per heavy atom. The highest BCUT2D eigenvalue weighted by Crippen LogP contribution is 2.35. The lowest BCUT2D eigenvalue weighted by molar-refractivity contribution is 0.356. The van der Waals surface area contributed by atoms with E-state index in [4.69, 9.17) is 12.2 Å². The van der Waals surface area contributed by atoms with Gasteiger partial charge in [0.15, 0.2) is 4.77 Å². The number of nitrogens with zero attached hydrogens (tertiary/aromatic N) is 1. The summed E-state index contributed by atoms with van der Waals surface area (Å²) in [6.45, 7) is 3.09. The first-order valence-corrected chi connectivity index (χ1v) is 9.15. The van der Waals surface area contributed by atoms with Gasteiger partial charge >= 0.3 is 0 Å². The van der Waals surface area contributed by atoms with Crippen LogP contribution < -0.4 is 5.56 Å². The minimum Gasteiger partial charge on any atom is -0.323 e. The molecular formula is C16H20N2OS2. The van der Waals surface area contributed by atoms with E-state index < -0.39 is 0 Å². The first kappa shape index (κ1) is 13.7. The van der Waals surface area contributed by atoms with E-state index in [1.807, 2.05) is 4.57 Å². The first-order chi connectivity index (χ1) is 10.1. The minimum absolute atomic E-state index is 0.146. The van der Waals surface area contributed by atoms with Gasteiger partial charge in [0.1, 0.15) is 4.83 Å². The first-order valence-electron chi connectivity index (χ1n) is 7.92. The zero-order valence-electron chi connectivity index (χ0n) is 12.3. The van der Waals surface area contributed by atoms with Crippen LogP contribution in [-0.4, -0.2) is 9.55 Å². The molecule has 0 aromatic carbocycles. The van der Waals surface area contributed by atoms with Gasteiger partial charge in [-0.05, 0) is 55.3 Å². The molecule has 1 fully saturated rings. The zero-order chi connectivity index (χ0) is 14.6. The Morgan fingerprint density at radius 1 is 1.33 bits per heavy atom. The Balaban J connectivity index is 1.85. The van der Waals surface area contributed by atoms with E-state index in [1.165, 1.54) is 36.1 Å². The van der Waals surface area contributed by atoms with Crippen LogP contribution in [0.3, 0.4) is 0 Å². The number of aromatic amines is 1. The van der Waals surface area contributed by atoms with Crippen molar-refractivity contribution in [1.82, 2.24) is 9.55 Å². The van der Waals surface area contributed by atoms with Gasteiger partial charge in [-0.15, -0.1) is 11.3 Å². The Morgan fingerprint density at radius 3 is 2.95 bits per heavy atom. The summed E-state index contributed by atoms with van der Waals surface area (Å²) in [6, 6.07) is 0. The van der Waals surface area contributed by atoms with E-state index in [9.17, 15) is 4.79 Å². The van der Waals surface area contributed by atoms with E-state index >= 15 is 0 Å². The number of H-pyrrole nitrogens is 1. The molecule has 0 bridgehead atoms. The SMILES string of the molecule is CC1CCCC1Cn1c(=S)[nH]c2sc3c(c2c1=O)CCC3. The lowest BCUT2D eigenvalue weighted by Crippen LogP contribution is -2.26. The van der Waals surface area contributed by atoms with Crippen LogP contribution >= 0.6 is 23.6 Å². The summed E-state index contributed by atoms with van der Waals surface area (Å²) >= 11 is 7.19. The van der Waals surface area contributed by atoms with Gasteiger partial charge < -0.3 is 4.98 Å². The van der Waals surface area contributed by atoms with E-state index in [2.05, 4.69) is 11.9 Å². The molecule has 5 heteroatoms. The highest BCUT2D eigenvalue weighted by Gasteiger charge is 2.26. The molecule has 4 rings (SSSR count). The lowest BCUT2D eigenvalue weighted by atomic mass is 9.98. The average Bonchev–Trinajstić information content (AvgIpc) is 3.10. The van der Waals surface area contributed by atoms with Crippen molar-refractivity contribution in [2.75, 3.05) is 0 Å². The van der Waals surface area contributed by atoms with Gasteiger partial charge in [-0.3, -0.25) is 9.36 Å². The Bertz CT molecular complexity index is 814. The van der Waals surface area contributed by atoms with E-state index in [1.54, 1.807) is 11.3 Å². The molecule has 0 amide bonds. The second kappa shape index (κ2) is 5.06. The van der Waals surface area contributed by atoms with Crippen molar-refractivity contribution in [2.45, 2.75) is 52.0 Å². The number of nitrogens with one attached hydrogen (secondary N) is 1. The molecule has 2 aromatic heterocycles. The van der Waals surface area contributed by atoms with Crippen molar-refractivity contribution in [1.29, 1.82) is 0 Å². The van der Waals surface area contributed by atoms with Gasteiger partial charge in [0.05, 0.1) is 5.39 Å². The summed E-state index contributed by atoms with van der Waals surface area (Å²) in [5.74, 6) is 1.30. The van der Waals surface area contributed by atoms with Crippen molar-refractivity contribution in [3.8, 4) is 0 Å². The maximum Gasteiger partial charge on any atom is 0.263 e. The van der Waals surface area contributed by atoms with E-state index in [-0.39, 0.29) is 5.56 Å². The summed E-state index contributed by atoms with van der Waals surface area (Å²) in [5.41, 5.74) is 1.44. The molecule has 2 heterocycles. The summed E-state index contributed by atoms with van der Waals surface area (Å²) in [7, 11) is 0. The Labute approximate surface area is 133 Å². The van der Waals surface area contributed by atoms with Crippen LogP contribution in [0.2, 0.25) is 0 Å². The monoisotopic (exact) mass is 320 g/mol. The number of fused-ring (bicyclic) bond motifs is 3. The molecule has 21 heavy (non-hydrogen) atoms. The lowest BCUT2D eigenvalue weighted by Gasteiger charge is -2.17. The van der Waals surface area contributed by atoms with Gasteiger partial charge in [-0.25, -0.2) is 0 Å². The number of hydrogen-bond donors (Lipinski definition) is 1. The van der Waals surface area contributed by atoms with Crippen LogP contribution in [0.15, 0.2) is 4.79 Å². The number of aryl methyl sites for hydroxylation is 2. The standard InChI is InChI=1S/C16H20N2OS2/c1-9-4-2-5-10(9)8-18-15(19)13-11-6-3-7-12(11)21-14(13)17-16(18)20/h9-10H,2-8H2,1H3,(H,17,20). The van der Waals surface area contributed by atoms with Crippen molar-refractivity contribution >= 4 is 33.8 Å². The molecule has 3 nitrogen and oxygen atoms in total. The van der Waals surface area contributed by atoms with Gasteiger partial charge in [-0.2, -0.15) is 0 Å². The maximum absolute atomic E-state index is 12.9. The molecule has 1 N–H and O–H groups in total. The maximum atomic E-state index is 12.9. The van der Waals surface area contributed by atoms with Crippen molar-refractivity contribution < 1.29 is 0 Å². The third kappa shape index (κ3) is 2.13. The number of hydrogen-bond acceptors (Lipinski definition) is 3. The van der Waals surface area contributed by atoms with Crippen LogP contribution in [-0.2, 0) is 19.4 Å². The molecule has 0 saturated heterocycles. The molecule has 2 aliphatic carbocycles. The molecular weight excluding hydrogens is 300 g/mol. The van der Waals surface area contributed by atoms with Crippen LogP contribution in [0.4, 0.5) is 0 Å². The van der Waals surface area contributed by atoms with E-state index in [0.717, 1.165) is 29.6 Å². The minimum atomic E-state index is 0.146. The summed E-state index contributed by atoms with van der Waals surface area (Å²) in [4.78, 5) is 18.6. The number of rotatable bonds is 2. The molecule has 2 aliphatic rings. The predicted octanol–water partition coefficient (Wildman–Crippen LogP) is 4.05. The largest absolute Gasteiger partial charge is 0.323 e. The number of thiophene rings is 1. The highest BCUT2D eigenvalue weighted by molar-refractivity contribution is 7.71. The third-order valence-corrected chi connectivity index (χ3v) is 6.83. The molecule has 0 aliphatic heterocycles. The summed E-state index contributed by atoms with van der Waals surface area (Å²) < 4.78 is 2.43. The number of aromatic nitrogens is 2. The highest BCUT2D eigenvalue weighted by atomic mass is 32.1. The van der Waals surface area contributed by atoms with Gasteiger partial charge in [0, 0.05) is 11.4 Å². The van der Waals surface area contributed by atoms with Gasteiger partial charge in [-0.1, -0.05) is 19.8 Å². The van der Waals surface area contributed by atoms with Crippen LogP contribution in [0.25, 0.3) is 10.2 Å². The van der Waals surface area contributed by atoms with Crippen LogP contribution in [0.5, 0.6) is 0 Å². The normalized spacial score (nSPS) is 24.8. The zero-order valence-corrected chi connectivity index (χ0v) is 13.9. The fourth-order valence-corrected chi connectivity index (χ4v) is 5.61. The molecule has 2 atom stereocenters. The Kier molecular flexibility index (Phi) is 3.30. The molecule has 112 valence electrons. The topological polar surface area (TPSA) is 37.8 Å². The predicted molar refractivity (Wildman–Crippen MR) is 89.8 cm³/mol. The van der Waals surface area contributed by atoms with Crippen molar-refractivity contribution in [3.63, 3.8) is 0 Å². The second-order valence-electron chi connectivity index (χ2n) is 6.58. The summed E-state index contributed by atoms with van der Waals surface area (Å²) in [6.07, 6.45) is 7.15. The van der Waals surface area contributed by atoms with Gasteiger partial charge in [0.25, 0.3) is 5.56 Å². The second-order valence-corrected chi connectivity index (χ2v) is 8.07. The van der Waals surface area contributed by atoms with Crippen molar-refractivity contribution in [3.05, 3.63) is 25.6 Å². The van der Waals surface area contributed by atoms with Gasteiger partial charge in [0.2, 0.25) is 0 Å². The van der Waals surface area contributed by atoms with E-state index in [0.29, 0.717) is 16.6 Å². The van der Waals surface area contributed by atoms with Crippen molar-refractivity contribution in [2.24, 2.45) is 11.8 Å². The molecule has 2 unspecified atom stereocenters. The average molecular weight is 320 g/mol. The fraction of sp³-hybridized carbons (Fsp3) is 0.625. The molecule has 0 radical (unpaired) electrons. The molecule has 1 saturated carbocycles. The quantitative estimate of drug-likeness (QED) is 0.848. The summed E-state index contributed by atoms with van der Waals surface area (Å²) in [5, 5.41) is 0.923. The fourth-order valence-electron chi connectivity index (χ4n) is 4.00.